The van der Waals surface area contributed by atoms with Gasteiger partial charge in [-0.05, 0) is 54.8 Å². The van der Waals surface area contributed by atoms with Gasteiger partial charge in [-0.2, -0.15) is 17.5 Å². The van der Waals surface area contributed by atoms with E-state index >= 15 is 0 Å². The van der Waals surface area contributed by atoms with Crippen molar-refractivity contribution in [3.63, 3.8) is 0 Å². The van der Waals surface area contributed by atoms with Crippen molar-refractivity contribution < 1.29 is 26.7 Å². The maximum atomic E-state index is 12.9. The smallest absolute Gasteiger partial charge is 0.385 e. The van der Waals surface area contributed by atoms with Crippen LogP contribution in [0, 0.1) is 0 Å². The van der Waals surface area contributed by atoms with Gasteiger partial charge < -0.3 is 5.11 Å². The topological polar surface area (TPSA) is 57.6 Å². The SMILES string of the molecule is O=S(=O)(c1ccc(Cl)cc1)N1CCC(O)(c2cccc(C(F)(F)F)c2)CC1. The highest BCUT2D eigenvalue weighted by Gasteiger charge is 2.39. The molecule has 0 saturated carbocycles. The van der Waals surface area contributed by atoms with Crippen LogP contribution in [-0.4, -0.2) is 30.9 Å². The number of sulfonamides is 1. The van der Waals surface area contributed by atoms with Gasteiger partial charge in [0.05, 0.1) is 16.1 Å². The van der Waals surface area contributed by atoms with E-state index in [4.69, 9.17) is 11.6 Å². The van der Waals surface area contributed by atoms with Crippen molar-refractivity contribution in [3.05, 3.63) is 64.7 Å². The first-order valence-electron chi connectivity index (χ1n) is 8.18. The number of aliphatic hydroxyl groups is 1. The Morgan fingerprint density at radius 2 is 1.63 bits per heavy atom. The number of benzene rings is 2. The van der Waals surface area contributed by atoms with Crippen molar-refractivity contribution in [3.8, 4) is 0 Å². The minimum absolute atomic E-state index is 0.00112. The molecule has 27 heavy (non-hydrogen) atoms. The monoisotopic (exact) mass is 419 g/mol. The Hall–Kier alpha value is -1.61. The Kier molecular flexibility index (Phi) is 5.28. The molecule has 3 rings (SSSR count). The van der Waals surface area contributed by atoms with Crippen LogP contribution in [0.15, 0.2) is 53.4 Å². The number of piperidine rings is 1. The highest BCUT2D eigenvalue weighted by atomic mass is 35.5. The van der Waals surface area contributed by atoms with Crippen LogP contribution in [0.1, 0.15) is 24.0 Å². The number of nitrogens with zero attached hydrogens (tertiary/aromatic N) is 1. The number of hydrogen-bond acceptors (Lipinski definition) is 3. The lowest BCUT2D eigenvalue weighted by atomic mass is 9.84. The fourth-order valence-electron chi connectivity index (χ4n) is 3.13. The molecular weight excluding hydrogens is 403 g/mol. The summed E-state index contributed by atoms with van der Waals surface area (Å²) in [5.41, 5.74) is -2.21. The summed E-state index contributed by atoms with van der Waals surface area (Å²) >= 11 is 5.78. The largest absolute Gasteiger partial charge is 0.416 e. The summed E-state index contributed by atoms with van der Waals surface area (Å²) in [6, 6.07) is 10.3. The van der Waals surface area contributed by atoms with Crippen molar-refractivity contribution in [1.82, 2.24) is 4.31 Å². The molecular formula is C18H17ClF3NO3S. The van der Waals surface area contributed by atoms with E-state index in [1.165, 1.54) is 40.7 Å². The van der Waals surface area contributed by atoms with Gasteiger partial charge in [0.15, 0.2) is 0 Å². The van der Waals surface area contributed by atoms with E-state index in [0.29, 0.717) is 5.02 Å². The molecule has 4 nitrogen and oxygen atoms in total. The van der Waals surface area contributed by atoms with Crippen molar-refractivity contribution in [1.29, 1.82) is 0 Å². The normalized spacial score (nSPS) is 18.4. The van der Waals surface area contributed by atoms with Gasteiger partial charge in [0.2, 0.25) is 10.0 Å². The number of hydrogen-bond donors (Lipinski definition) is 1. The molecule has 0 spiro atoms. The predicted octanol–water partition coefficient (Wildman–Crippen LogP) is 4.03. The van der Waals surface area contributed by atoms with Crippen molar-refractivity contribution >= 4 is 21.6 Å². The van der Waals surface area contributed by atoms with Gasteiger partial charge in [-0.25, -0.2) is 8.42 Å². The van der Waals surface area contributed by atoms with Gasteiger partial charge in [0.1, 0.15) is 0 Å². The fraction of sp³-hybridized carbons (Fsp3) is 0.333. The predicted molar refractivity (Wildman–Crippen MR) is 94.8 cm³/mol. The molecule has 1 aliphatic rings. The third-order valence-corrected chi connectivity index (χ3v) is 6.89. The minimum Gasteiger partial charge on any atom is -0.385 e. The third-order valence-electron chi connectivity index (χ3n) is 4.73. The summed E-state index contributed by atoms with van der Waals surface area (Å²) in [4.78, 5) is 0.0800. The zero-order valence-corrected chi connectivity index (χ0v) is 15.7. The van der Waals surface area contributed by atoms with Gasteiger partial charge in [0, 0.05) is 18.1 Å². The van der Waals surface area contributed by atoms with Gasteiger partial charge >= 0.3 is 6.18 Å². The Labute approximate surface area is 160 Å². The molecule has 1 fully saturated rings. The molecule has 1 heterocycles. The second kappa shape index (κ2) is 7.09. The number of rotatable bonds is 3. The molecule has 1 aliphatic heterocycles. The molecule has 0 bridgehead atoms. The van der Waals surface area contributed by atoms with E-state index in [9.17, 15) is 26.7 Å². The second-order valence-corrected chi connectivity index (χ2v) is 8.84. The molecule has 2 aromatic rings. The number of halogens is 4. The van der Waals surface area contributed by atoms with Crippen LogP contribution in [0.3, 0.4) is 0 Å². The summed E-state index contributed by atoms with van der Waals surface area (Å²) in [5.74, 6) is 0. The minimum atomic E-state index is -4.51. The lowest BCUT2D eigenvalue weighted by Crippen LogP contribution is -2.45. The van der Waals surface area contributed by atoms with E-state index in [0.717, 1.165) is 12.1 Å². The van der Waals surface area contributed by atoms with Crippen LogP contribution in [0.4, 0.5) is 13.2 Å². The summed E-state index contributed by atoms with van der Waals surface area (Å²) in [5, 5.41) is 11.2. The first kappa shape index (κ1) is 20.1. The van der Waals surface area contributed by atoms with Gasteiger partial charge in [-0.3, -0.25) is 0 Å². The second-order valence-electron chi connectivity index (χ2n) is 6.47. The lowest BCUT2D eigenvalue weighted by Gasteiger charge is -2.38. The van der Waals surface area contributed by atoms with E-state index in [2.05, 4.69) is 0 Å². The van der Waals surface area contributed by atoms with E-state index in [1.54, 1.807) is 0 Å². The van der Waals surface area contributed by atoms with E-state index in [1.807, 2.05) is 0 Å². The molecule has 146 valence electrons. The van der Waals surface area contributed by atoms with E-state index in [-0.39, 0.29) is 36.4 Å². The van der Waals surface area contributed by atoms with Crippen molar-refractivity contribution in [2.24, 2.45) is 0 Å². The number of alkyl halides is 3. The van der Waals surface area contributed by atoms with Gasteiger partial charge in [0.25, 0.3) is 0 Å². The molecule has 0 atom stereocenters. The summed E-state index contributed by atoms with van der Waals surface area (Å²) in [6.45, 7) is -0.00455. The Morgan fingerprint density at radius 1 is 1.04 bits per heavy atom. The van der Waals surface area contributed by atoms with Crippen LogP contribution >= 0.6 is 11.6 Å². The zero-order chi connectivity index (χ0) is 19.9. The maximum Gasteiger partial charge on any atom is 0.416 e. The third kappa shape index (κ3) is 4.13. The molecule has 0 aliphatic carbocycles. The highest BCUT2D eigenvalue weighted by molar-refractivity contribution is 7.89. The molecule has 0 aromatic heterocycles. The first-order chi connectivity index (χ1) is 12.5. The standard InChI is InChI=1S/C18H17ClF3NO3S/c19-15-4-6-16(7-5-15)27(25,26)23-10-8-17(24,9-11-23)13-2-1-3-14(12-13)18(20,21)22/h1-7,12,24H,8-11H2. The molecule has 9 heteroatoms. The van der Waals surface area contributed by atoms with Crippen LogP contribution in [0.25, 0.3) is 0 Å². The average molecular weight is 420 g/mol. The van der Waals surface area contributed by atoms with Crippen LogP contribution < -0.4 is 0 Å². The Bertz CT molecular complexity index is 922. The van der Waals surface area contributed by atoms with E-state index < -0.39 is 27.4 Å². The highest BCUT2D eigenvalue weighted by Crippen LogP contribution is 2.37. The quantitative estimate of drug-likeness (QED) is 0.817. The average Bonchev–Trinajstić information content (AvgIpc) is 2.62. The van der Waals surface area contributed by atoms with Crippen LogP contribution in [-0.2, 0) is 21.8 Å². The Morgan fingerprint density at radius 3 is 2.19 bits per heavy atom. The summed E-state index contributed by atoms with van der Waals surface area (Å²) in [7, 11) is -3.76. The molecule has 0 amide bonds. The molecule has 1 saturated heterocycles. The molecule has 0 radical (unpaired) electrons. The fourth-order valence-corrected chi connectivity index (χ4v) is 4.69. The maximum absolute atomic E-state index is 12.9. The summed E-state index contributed by atoms with van der Waals surface area (Å²) < 4.78 is 65.3. The van der Waals surface area contributed by atoms with Crippen molar-refractivity contribution in [2.45, 2.75) is 29.5 Å². The lowest BCUT2D eigenvalue weighted by molar-refractivity contribution is -0.137. The van der Waals surface area contributed by atoms with Crippen LogP contribution in [0.5, 0.6) is 0 Å². The zero-order valence-electron chi connectivity index (χ0n) is 14.1. The molecule has 0 unspecified atom stereocenters. The molecule has 2 aromatic carbocycles. The van der Waals surface area contributed by atoms with Crippen molar-refractivity contribution in [2.75, 3.05) is 13.1 Å². The van der Waals surface area contributed by atoms with Gasteiger partial charge in [-0.1, -0.05) is 23.7 Å². The Balaban J connectivity index is 1.79. The first-order valence-corrected chi connectivity index (χ1v) is 10.00. The summed E-state index contributed by atoms with van der Waals surface area (Å²) in [6.07, 6.45) is -4.51. The molecule has 1 N–H and O–H groups in total. The van der Waals surface area contributed by atoms with Crippen LogP contribution in [0.2, 0.25) is 5.02 Å². The van der Waals surface area contributed by atoms with Gasteiger partial charge in [-0.15, -0.1) is 0 Å².